The average molecular weight is 436 g/mol. The molecule has 6 nitrogen and oxygen atoms in total. The van der Waals surface area contributed by atoms with Crippen molar-refractivity contribution >= 4 is 39.6 Å². The highest BCUT2D eigenvalue weighted by Crippen LogP contribution is 2.33. The van der Waals surface area contributed by atoms with Crippen molar-refractivity contribution in [1.29, 1.82) is 0 Å². The number of aryl methyl sites for hydroxylation is 3. The molecular formula is C27H25N5O. The predicted octanol–water partition coefficient (Wildman–Crippen LogP) is 5.64. The number of aromatic nitrogens is 3. The Balaban J connectivity index is 1.76. The molecule has 6 heteroatoms. The molecule has 0 unspecified atom stereocenters. The van der Waals surface area contributed by atoms with Crippen molar-refractivity contribution in [3.05, 3.63) is 88.5 Å². The molecule has 0 bridgehead atoms. The molecule has 33 heavy (non-hydrogen) atoms. The summed E-state index contributed by atoms with van der Waals surface area (Å²) in [6.45, 7) is 8.15. The van der Waals surface area contributed by atoms with E-state index in [0.29, 0.717) is 33.7 Å². The molecule has 3 N–H and O–H groups in total. The molecule has 0 spiro atoms. The molecule has 0 saturated carbocycles. The number of nitrogens with zero attached hydrogens (tertiary/aromatic N) is 3. The molecule has 5 rings (SSSR count). The van der Waals surface area contributed by atoms with Gasteiger partial charge in [-0.25, -0.2) is 9.97 Å². The fraction of sp³-hybridized carbons (Fsp3) is 0.148. The fourth-order valence-electron chi connectivity index (χ4n) is 4.12. The Morgan fingerprint density at radius 3 is 2.30 bits per heavy atom. The number of anilines is 2. The lowest BCUT2D eigenvalue weighted by Crippen LogP contribution is -2.15. The minimum Gasteiger partial charge on any atom is -0.384 e. The maximum Gasteiger partial charge on any atom is 0.261 e. The number of carbonyl (C=O) groups excluding carboxylic acids is 1. The van der Waals surface area contributed by atoms with Crippen LogP contribution in [0.4, 0.5) is 11.5 Å². The summed E-state index contributed by atoms with van der Waals surface area (Å²) in [6, 6.07) is 19.5. The number of carbonyl (C=O) groups is 1. The number of fused-ring (bicyclic) bond motifs is 2. The van der Waals surface area contributed by atoms with Crippen molar-refractivity contribution in [2.24, 2.45) is 0 Å². The van der Waals surface area contributed by atoms with E-state index in [1.165, 1.54) is 0 Å². The summed E-state index contributed by atoms with van der Waals surface area (Å²) in [6.07, 6.45) is 0. The van der Waals surface area contributed by atoms with Gasteiger partial charge in [-0.1, -0.05) is 30.3 Å². The number of amides is 1. The molecule has 164 valence electrons. The number of hydrogen-bond donors (Lipinski definition) is 2. The Morgan fingerprint density at radius 2 is 1.58 bits per heavy atom. The van der Waals surface area contributed by atoms with Crippen LogP contribution in [0.15, 0.2) is 60.7 Å². The van der Waals surface area contributed by atoms with Gasteiger partial charge in [0.2, 0.25) is 0 Å². The van der Waals surface area contributed by atoms with Crippen LogP contribution < -0.4 is 11.1 Å². The lowest BCUT2D eigenvalue weighted by atomic mass is 10.1. The van der Waals surface area contributed by atoms with Crippen LogP contribution in [0.25, 0.3) is 27.9 Å². The Morgan fingerprint density at radius 1 is 0.848 bits per heavy atom. The van der Waals surface area contributed by atoms with Gasteiger partial charge in [0.05, 0.1) is 16.7 Å². The standard InChI is InChI=1S/C27H25N5O/c1-15-12-13-19(14-17(15)3)29-27(33)23-24-26(31-21-10-6-5-9-20(21)30-24)32(25(23)28)22-11-7-8-16(2)18(22)4/h5-14H,28H2,1-4H3,(H,29,33). The second-order valence-corrected chi connectivity index (χ2v) is 8.45. The Bertz CT molecular complexity index is 1560. The van der Waals surface area contributed by atoms with Crippen molar-refractivity contribution < 1.29 is 4.79 Å². The molecule has 0 fully saturated rings. The lowest BCUT2D eigenvalue weighted by Gasteiger charge is -2.13. The molecule has 3 aromatic carbocycles. The van der Waals surface area contributed by atoms with Gasteiger partial charge in [-0.3, -0.25) is 9.36 Å². The zero-order chi connectivity index (χ0) is 23.3. The minimum atomic E-state index is -0.311. The number of para-hydroxylation sites is 2. The van der Waals surface area contributed by atoms with Crippen LogP contribution in [0.2, 0.25) is 0 Å². The van der Waals surface area contributed by atoms with Crippen molar-refractivity contribution in [2.45, 2.75) is 27.7 Å². The minimum absolute atomic E-state index is 0.311. The van der Waals surface area contributed by atoms with Gasteiger partial charge in [0.15, 0.2) is 5.65 Å². The summed E-state index contributed by atoms with van der Waals surface area (Å²) < 4.78 is 1.84. The van der Waals surface area contributed by atoms with Crippen LogP contribution in [0.1, 0.15) is 32.6 Å². The zero-order valence-electron chi connectivity index (χ0n) is 19.1. The number of rotatable bonds is 3. The van der Waals surface area contributed by atoms with Crippen LogP contribution in [0, 0.1) is 27.7 Å². The molecule has 2 aromatic heterocycles. The van der Waals surface area contributed by atoms with Crippen LogP contribution >= 0.6 is 0 Å². The van der Waals surface area contributed by atoms with Gasteiger partial charge in [-0.15, -0.1) is 0 Å². The summed E-state index contributed by atoms with van der Waals surface area (Å²) >= 11 is 0. The molecule has 0 radical (unpaired) electrons. The average Bonchev–Trinajstić information content (AvgIpc) is 3.07. The van der Waals surface area contributed by atoms with E-state index in [4.69, 9.17) is 15.7 Å². The molecule has 0 atom stereocenters. The second-order valence-electron chi connectivity index (χ2n) is 8.45. The maximum atomic E-state index is 13.5. The third kappa shape index (κ3) is 3.40. The van der Waals surface area contributed by atoms with Gasteiger partial charge >= 0.3 is 0 Å². The highest BCUT2D eigenvalue weighted by atomic mass is 16.1. The smallest absolute Gasteiger partial charge is 0.261 e. The zero-order valence-corrected chi connectivity index (χ0v) is 19.1. The summed E-state index contributed by atoms with van der Waals surface area (Å²) in [5, 5.41) is 3.00. The van der Waals surface area contributed by atoms with Gasteiger partial charge in [-0.05, 0) is 80.3 Å². The van der Waals surface area contributed by atoms with Crippen molar-refractivity contribution in [3.63, 3.8) is 0 Å². The van der Waals surface area contributed by atoms with E-state index < -0.39 is 0 Å². The largest absolute Gasteiger partial charge is 0.384 e. The monoisotopic (exact) mass is 435 g/mol. The normalized spacial score (nSPS) is 11.3. The molecule has 2 heterocycles. The Kier molecular flexibility index (Phi) is 4.86. The molecule has 5 aromatic rings. The van der Waals surface area contributed by atoms with Crippen LogP contribution in [0.3, 0.4) is 0 Å². The van der Waals surface area contributed by atoms with E-state index in [2.05, 4.69) is 18.3 Å². The van der Waals surface area contributed by atoms with Crippen molar-refractivity contribution in [3.8, 4) is 5.69 Å². The summed E-state index contributed by atoms with van der Waals surface area (Å²) in [5.41, 5.74) is 15.5. The van der Waals surface area contributed by atoms with Crippen molar-refractivity contribution in [1.82, 2.24) is 14.5 Å². The number of nitrogens with one attached hydrogen (secondary N) is 1. The highest BCUT2D eigenvalue weighted by Gasteiger charge is 2.25. The molecule has 1 amide bonds. The van der Waals surface area contributed by atoms with E-state index in [1.54, 1.807) is 0 Å². The molecule has 0 aliphatic rings. The third-order valence-corrected chi connectivity index (χ3v) is 6.31. The number of benzene rings is 3. The van der Waals surface area contributed by atoms with E-state index in [-0.39, 0.29) is 5.91 Å². The first-order valence-electron chi connectivity index (χ1n) is 10.9. The van der Waals surface area contributed by atoms with Crippen LogP contribution in [0.5, 0.6) is 0 Å². The summed E-state index contributed by atoms with van der Waals surface area (Å²) in [5.74, 6) is 0.00438. The van der Waals surface area contributed by atoms with Gasteiger partial charge in [0.25, 0.3) is 5.91 Å². The van der Waals surface area contributed by atoms with E-state index in [0.717, 1.165) is 33.5 Å². The first-order chi connectivity index (χ1) is 15.8. The first kappa shape index (κ1) is 20.7. The predicted molar refractivity (Wildman–Crippen MR) is 134 cm³/mol. The number of hydrogen-bond acceptors (Lipinski definition) is 4. The Labute approximate surface area is 192 Å². The quantitative estimate of drug-likeness (QED) is 0.384. The fourth-order valence-corrected chi connectivity index (χ4v) is 4.12. The van der Waals surface area contributed by atoms with Crippen LogP contribution in [-0.4, -0.2) is 20.4 Å². The van der Waals surface area contributed by atoms with E-state index in [1.807, 2.05) is 79.9 Å². The lowest BCUT2D eigenvalue weighted by molar-refractivity contribution is 0.102. The first-order valence-corrected chi connectivity index (χ1v) is 10.9. The highest BCUT2D eigenvalue weighted by molar-refractivity contribution is 6.16. The number of nitrogen functional groups attached to an aromatic ring is 1. The SMILES string of the molecule is Cc1ccc(NC(=O)c2c(N)n(-c3cccc(C)c3C)c3nc4ccccc4nc23)cc1C. The van der Waals surface area contributed by atoms with Gasteiger partial charge in [0.1, 0.15) is 16.9 Å². The summed E-state index contributed by atoms with van der Waals surface area (Å²) in [4.78, 5) is 23.2. The van der Waals surface area contributed by atoms with Gasteiger partial charge < -0.3 is 11.1 Å². The summed E-state index contributed by atoms with van der Waals surface area (Å²) in [7, 11) is 0. The maximum absolute atomic E-state index is 13.5. The number of nitrogens with two attached hydrogens (primary N) is 1. The Hall–Kier alpha value is -4.19. The molecule has 0 aliphatic heterocycles. The van der Waals surface area contributed by atoms with E-state index >= 15 is 0 Å². The van der Waals surface area contributed by atoms with Crippen molar-refractivity contribution in [2.75, 3.05) is 11.1 Å². The van der Waals surface area contributed by atoms with Gasteiger partial charge in [0, 0.05) is 5.69 Å². The topological polar surface area (TPSA) is 85.8 Å². The molecular weight excluding hydrogens is 410 g/mol. The van der Waals surface area contributed by atoms with E-state index in [9.17, 15) is 4.79 Å². The second kappa shape index (κ2) is 7.74. The van der Waals surface area contributed by atoms with Gasteiger partial charge in [-0.2, -0.15) is 0 Å². The molecule has 0 saturated heterocycles. The molecule has 0 aliphatic carbocycles. The van der Waals surface area contributed by atoms with Crippen LogP contribution in [-0.2, 0) is 0 Å². The third-order valence-electron chi connectivity index (χ3n) is 6.31.